The van der Waals surface area contributed by atoms with Gasteiger partial charge in [-0.3, -0.25) is 14.2 Å². The average molecular weight is 824 g/mol. The number of unbranched alkanes of at least 4 members (excludes halogenated alkanes) is 15. The van der Waals surface area contributed by atoms with Gasteiger partial charge in [-0.05, 0) is 70.6 Å². The van der Waals surface area contributed by atoms with Gasteiger partial charge in [0.15, 0.2) is 6.10 Å². The zero-order valence-electron chi connectivity index (χ0n) is 36.6. The van der Waals surface area contributed by atoms with Crippen LogP contribution in [0.1, 0.15) is 162 Å². The summed E-state index contributed by atoms with van der Waals surface area (Å²) in [5, 5.41) is 10.0. The van der Waals surface area contributed by atoms with Crippen LogP contribution in [0.4, 0.5) is 0 Å². The van der Waals surface area contributed by atoms with Crippen molar-refractivity contribution in [2.45, 2.75) is 174 Å². The maximum atomic E-state index is 12.7. The summed E-state index contributed by atoms with van der Waals surface area (Å²) < 4.78 is 33.8. The van der Waals surface area contributed by atoms with Crippen LogP contribution in [-0.2, 0) is 32.7 Å². The molecule has 1 N–H and O–H groups in total. The van der Waals surface area contributed by atoms with Crippen LogP contribution in [0.25, 0.3) is 0 Å². The Balaban J connectivity index is 4.53. The SMILES string of the molecule is CCCCC/C=C\C[C@@H](O)/C=C/C=C\C/C=C\CCCC(=O)OC[C@H](COP(=O)([O-])OCC[N+](C)(C)C)OC(=O)CCCCCCCCC/C=C\CCCCCC. The number of allylic oxidation sites excluding steroid dienone is 8. The molecule has 10 nitrogen and oxygen atoms in total. The van der Waals surface area contributed by atoms with Crippen molar-refractivity contribution >= 4 is 19.8 Å². The van der Waals surface area contributed by atoms with Crippen molar-refractivity contribution in [2.75, 3.05) is 47.5 Å². The zero-order valence-corrected chi connectivity index (χ0v) is 37.5. The van der Waals surface area contributed by atoms with Gasteiger partial charge in [-0.25, -0.2) is 0 Å². The highest BCUT2D eigenvalue weighted by Crippen LogP contribution is 2.38. The van der Waals surface area contributed by atoms with Crippen LogP contribution in [0, 0.1) is 0 Å². The third-order valence-corrected chi connectivity index (χ3v) is 10.1. The highest BCUT2D eigenvalue weighted by atomic mass is 31.2. The van der Waals surface area contributed by atoms with Crippen molar-refractivity contribution in [1.29, 1.82) is 0 Å². The van der Waals surface area contributed by atoms with Gasteiger partial charge in [-0.2, -0.15) is 0 Å². The highest BCUT2D eigenvalue weighted by molar-refractivity contribution is 7.45. The first-order valence-electron chi connectivity index (χ1n) is 22.1. The monoisotopic (exact) mass is 824 g/mol. The Hall–Kier alpha value is -2.33. The molecule has 0 aliphatic carbocycles. The van der Waals surface area contributed by atoms with E-state index in [-0.39, 0.29) is 26.1 Å². The fourth-order valence-electron chi connectivity index (χ4n) is 5.55. The fourth-order valence-corrected chi connectivity index (χ4v) is 6.28. The lowest BCUT2D eigenvalue weighted by molar-refractivity contribution is -0.870. The first kappa shape index (κ1) is 54.7. The molecule has 3 atom stereocenters. The second kappa shape index (κ2) is 37.9. The van der Waals surface area contributed by atoms with E-state index in [4.69, 9.17) is 18.5 Å². The van der Waals surface area contributed by atoms with Crippen molar-refractivity contribution in [1.82, 2.24) is 0 Å². The molecule has 0 aromatic heterocycles. The van der Waals surface area contributed by atoms with Gasteiger partial charge in [0, 0.05) is 12.8 Å². The summed E-state index contributed by atoms with van der Waals surface area (Å²) in [5.41, 5.74) is 0. The molecule has 0 radical (unpaired) electrons. The second-order valence-electron chi connectivity index (χ2n) is 15.9. The maximum absolute atomic E-state index is 12.7. The van der Waals surface area contributed by atoms with Crippen molar-refractivity contribution in [3.05, 3.63) is 60.8 Å². The molecular formula is C46H82NO9P. The van der Waals surface area contributed by atoms with Gasteiger partial charge < -0.3 is 33.0 Å². The van der Waals surface area contributed by atoms with Crippen LogP contribution < -0.4 is 4.89 Å². The number of ether oxygens (including phenoxy) is 2. The number of phosphoric ester groups is 1. The fraction of sp³-hybridized carbons (Fsp3) is 0.739. The van der Waals surface area contributed by atoms with Crippen LogP contribution in [0.15, 0.2) is 60.8 Å². The number of nitrogens with zero attached hydrogens (tertiary/aromatic N) is 1. The number of aliphatic hydroxyl groups excluding tert-OH is 1. The molecule has 0 spiro atoms. The number of hydrogen-bond acceptors (Lipinski definition) is 9. The molecule has 0 aromatic rings. The van der Waals surface area contributed by atoms with Crippen LogP contribution in [0.2, 0.25) is 0 Å². The average Bonchev–Trinajstić information content (AvgIpc) is 3.15. The summed E-state index contributed by atoms with van der Waals surface area (Å²) >= 11 is 0. The predicted octanol–water partition coefficient (Wildman–Crippen LogP) is 10.8. The molecule has 0 aliphatic rings. The first-order chi connectivity index (χ1) is 27.4. The first-order valence-corrected chi connectivity index (χ1v) is 23.6. The minimum absolute atomic E-state index is 0.0523. The maximum Gasteiger partial charge on any atom is 0.306 e. The molecule has 11 heteroatoms. The summed E-state index contributed by atoms with van der Waals surface area (Å²) in [6.45, 7) is 4.01. The van der Waals surface area contributed by atoms with E-state index in [1.54, 1.807) is 6.08 Å². The number of rotatable bonds is 39. The Kier molecular flexibility index (Phi) is 36.4. The number of likely N-dealkylation sites (N-methyl/N-ethyl adjacent to an activating group) is 1. The summed E-state index contributed by atoms with van der Waals surface area (Å²) in [6.07, 6.45) is 41.3. The van der Waals surface area contributed by atoms with Gasteiger partial charge in [0.25, 0.3) is 7.82 Å². The van der Waals surface area contributed by atoms with Crippen molar-refractivity contribution in [2.24, 2.45) is 0 Å². The topological polar surface area (TPSA) is 131 Å². The molecule has 0 aliphatic heterocycles. The van der Waals surface area contributed by atoms with Crippen LogP contribution in [-0.4, -0.2) is 81.2 Å². The highest BCUT2D eigenvalue weighted by Gasteiger charge is 2.21. The van der Waals surface area contributed by atoms with Crippen LogP contribution in [0.3, 0.4) is 0 Å². The van der Waals surface area contributed by atoms with E-state index in [1.807, 2.05) is 57.6 Å². The van der Waals surface area contributed by atoms with Crippen molar-refractivity contribution in [3.8, 4) is 0 Å². The van der Waals surface area contributed by atoms with Crippen LogP contribution in [0.5, 0.6) is 0 Å². The number of phosphoric acid groups is 1. The van der Waals surface area contributed by atoms with E-state index in [0.29, 0.717) is 36.7 Å². The smallest absolute Gasteiger partial charge is 0.306 e. The van der Waals surface area contributed by atoms with E-state index in [1.165, 1.54) is 70.6 Å². The lowest BCUT2D eigenvalue weighted by Gasteiger charge is -2.28. The number of aliphatic hydroxyl groups is 1. The standard InChI is InChI=1S/C46H82NO9P/c1-6-8-10-12-14-15-16-17-18-19-20-21-26-30-34-38-46(50)56-44(42-55-57(51,52)54-40-39-47(3,4)5)41-53-45(49)37-33-29-25-23-22-24-28-32-36-43(48)35-31-27-13-11-9-7-2/h15-16,23-25,27-28,31-32,36,43-44,48H,6-14,17-22,26,29-30,33-35,37-42H2,1-5H3/b16-15-,25-23-,28-24-,31-27-,36-32+/t43-,44-/m1/s1. The number of carbonyl (C=O) groups excluding carboxylic acids is 2. The summed E-state index contributed by atoms with van der Waals surface area (Å²) in [6, 6.07) is 0. The Morgan fingerprint density at radius 1 is 0.649 bits per heavy atom. The molecule has 0 rings (SSSR count). The molecule has 1 unspecified atom stereocenters. The van der Waals surface area contributed by atoms with Crippen molar-refractivity contribution in [3.63, 3.8) is 0 Å². The van der Waals surface area contributed by atoms with E-state index < -0.39 is 38.6 Å². The minimum atomic E-state index is -4.65. The summed E-state index contributed by atoms with van der Waals surface area (Å²) in [5.74, 6) is -0.948. The molecule has 0 aromatic carbocycles. The lowest BCUT2D eigenvalue weighted by Crippen LogP contribution is -2.37. The lowest BCUT2D eigenvalue weighted by atomic mass is 10.1. The quantitative estimate of drug-likeness (QED) is 0.0161. The van der Waals surface area contributed by atoms with E-state index in [9.17, 15) is 24.2 Å². The molecule has 0 bridgehead atoms. The van der Waals surface area contributed by atoms with Gasteiger partial charge in [0.05, 0.1) is 33.9 Å². The number of hydrogen-bond donors (Lipinski definition) is 1. The molecule has 0 heterocycles. The molecule has 0 saturated carbocycles. The zero-order chi connectivity index (χ0) is 42.3. The van der Waals surface area contributed by atoms with Gasteiger partial charge >= 0.3 is 11.9 Å². The summed E-state index contributed by atoms with van der Waals surface area (Å²) in [4.78, 5) is 37.5. The second-order valence-corrected chi connectivity index (χ2v) is 17.3. The van der Waals surface area contributed by atoms with Gasteiger partial charge in [0.1, 0.15) is 19.8 Å². The van der Waals surface area contributed by atoms with Gasteiger partial charge in [-0.1, -0.05) is 139 Å². The third-order valence-electron chi connectivity index (χ3n) is 9.09. The Bertz CT molecular complexity index is 1170. The Morgan fingerprint density at radius 2 is 1.19 bits per heavy atom. The van der Waals surface area contributed by atoms with E-state index >= 15 is 0 Å². The molecule has 57 heavy (non-hydrogen) atoms. The van der Waals surface area contributed by atoms with Gasteiger partial charge in [-0.15, -0.1) is 0 Å². The molecular weight excluding hydrogens is 741 g/mol. The Morgan fingerprint density at radius 3 is 1.86 bits per heavy atom. The van der Waals surface area contributed by atoms with Crippen LogP contribution >= 0.6 is 7.82 Å². The molecule has 0 saturated heterocycles. The third kappa shape index (κ3) is 41.6. The van der Waals surface area contributed by atoms with Crippen molar-refractivity contribution < 1.29 is 47.2 Å². The van der Waals surface area contributed by atoms with E-state index in [0.717, 1.165) is 38.5 Å². The number of esters is 2. The predicted molar refractivity (Wildman–Crippen MR) is 232 cm³/mol. The minimum Gasteiger partial charge on any atom is -0.756 e. The molecule has 0 amide bonds. The number of quaternary nitrogens is 1. The largest absolute Gasteiger partial charge is 0.756 e. The van der Waals surface area contributed by atoms with Gasteiger partial charge in [0.2, 0.25) is 0 Å². The number of carbonyl (C=O) groups is 2. The normalized spacial score (nSPS) is 14.7. The van der Waals surface area contributed by atoms with E-state index in [2.05, 4.69) is 32.1 Å². The summed E-state index contributed by atoms with van der Waals surface area (Å²) in [7, 11) is 1.09. The molecule has 0 fully saturated rings. The molecule has 330 valence electrons. The Labute approximate surface area is 348 Å².